The van der Waals surface area contributed by atoms with Crippen molar-refractivity contribution in [3.05, 3.63) is 68.7 Å². The van der Waals surface area contributed by atoms with Crippen LogP contribution in [0.4, 0.5) is 0 Å². The molecule has 0 aliphatic carbocycles. The van der Waals surface area contributed by atoms with Crippen molar-refractivity contribution in [1.29, 1.82) is 0 Å². The van der Waals surface area contributed by atoms with Gasteiger partial charge in [-0.2, -0.15) is 0 Å². The fourth-order valence-corrected chi connectivity index (χ4v) is 2.50. The van der Waals surface area contributed by atoms with Crippen LogP contribution in [-0.2, 0) is 6.42 Å². The number of benzene rings is 2. The van der Waals surface area contributed by atoms with Crippen molar-refractivity contribution in [2.75, 3.05) is 6.54 Å². The first kappa shape index (κ1) is 15.2. The SMILES string of the molecule is O=C(NCCc1ccc(Cl)cc1Cl)c1ccccc1Cl. The zero-order valence-corrected chi connectivity index (χ0v) is 12.8. The Morgan fingerprint density at radius 2 is 1.75 bits per heavy atom. The molecular formula is C15H12Cl3NO. The molecule has 0 aliphatic rings. The molecule has 0 radical (unpaired) electrons. The molecule has 1 N–H and O–H groups in total. The summed E-state index contributed by atoms with van der Waals surface area (Å²) in [7, 11) is 0. The minimum atomic E-state index is -0.194. The highest BCUT2D eigenvalue weighted by Crippen LogP contribution is 2.21. The quantitative estimate of drug-likeness (QED) is 0.872. The third-order valence-corrected chi connectivity index (χ3v) is 3.73. The van der Waals surface area contributed by atoms with E-state index in [4.69, 9.17) is 34.8 Å². The molecule has 2 aromatic rings. The van der Waals surface area contributed by atoms with Gasteiger partial charge in [0.2, 0.25) is 0 Å². The summed E-state index contributed by atoms with van der Waals surface area (Å²) in [6, 6.07) is 12.3. The Labute approximate surface area is 132 Å². The van der Waals surface area contributed by atoms with Gasteiger partial charge in [-0.3, -0.25) is 4.79 Å². The second-order valence-corrected chi connectivity index (χ2v) is 5.47. The fourth-order valence-electron chi connectivity index (χ4n) is 1.78. The van der Waals surface area contributed by atoms with E-state index in [-0.39, 0.29) is 5.91 Å². The summed E-state index contributed by atoms with van der Waals surface area (Å²) < 4.78 is 0. The summed E-state index contributed by atoms with van der Waals surface area (Å²) >= 11 is 17.9. The van der Waals surface area contributed by atoms with E-state index in [0.29, 0.717) is 33.6 Å². The van der Waals surface area contributed by atoms with Gasteiger partial charge in [0.25, 0.3) is 5.91 Å². The maximum absolute atomic E-state index is 11.9. The smallest absolute Gasteiger partial charge is 0.252 e. The number of amides is 1. The summed E-state index contributed by atoms with van der Waals surface area (Å²) in [6.45, 7) is 0.478. The third-order valence-electron chi connectivity index (χ3n) is 2.81. The van der Waals surface area contributed by atoms with Gasteiger partial charge in [0.1, 0.15) is 0 Å². The second-order valence-electron chi connectivity index (χ2n) is 4.22. The summed E-state index contributed by atoms with van der Waals surface area (Å²) in [5, 5.41) is 4.45. The lowest BCUT2D eigenvalue weighted by atomic mass is 10.1. The molecule has 0 heterocycles. The highest BCUT2D eigenvalue weighted by atomic mass is 35.5. The predicted molar refractivity (Wildman–Crippen MR) is 84.0 cm³/mol. The molecule has 2 aromatic carbocycles. The Hall–Kier alpha value is -1.22. The van der Waals surface area contributed by atoms with E-state index < -0.39 is 0 Å². The van der Waals surface area contributed by atoms with E-state index in [2.05, 4.69) is 5.32 Å². The van der Waals surface area contributed by atoms with E-state index >= 15 is 0 Å². The molecule has 0 bridgehead atoms. The summed E-state index contributed by atoms with van der Waals surface area (Å²) in [4.78, 5) is 11.9. The van der Waals surface area contributed by atoms with Crippen molar-refractivity contribution >= 4 is 40.7 Å². The lowest BCUT2D eigenvalue weighted by Gasteiger charge is -2.08. The maximum atomic E-state index is 11.9. The van der Waals surface area contributed by atoms with Gasteiger partial charge in [0.05, 0.1) is 10.6 Å². The number of nitrogens with one attached hydrogen (secondary N) is 1. The number of carbonyl (C=O) groups excluding carboxylic acids is 1. The van der Waals surface area contributed by atoms with Crippen molar-refractivity contribution in [3.8, 4) is 0 Å². The maximum Gasteiger partial charge on any atom is 0.252 e. The molecule has 0 fully saturated rings. The van der Waals surface area contributed by atoms with Crippen LogP contribution in [0.25, 0.3) is 0 Å². The third kappa shape index (κ3) is 3.89. The van der Waals surface area contributed by atoms with Crippen LogP contribution in [0.2, 0.25) is 15.1 Å². The highest BCUT2D eigenvalue weighted by molar-refractivity contribution is 6.35. The molecule has 0 spiro atoms. The van der Waals surface area contributed by atoms with Crippen LogP contribution in [0.15, 0.2) is 42.5 Å². The Balaban J connectivity index is 1.93. The van der Waals surface area contributed by atoms with Crippen LogP contribution in [-0.4, -0.2) is 12.5 Å². The number of hydrogen-bond acceptors (Lipinski definition) is 1. The lowest BCUT2D eigenvalue weighted by Crippen LogP contribution is -2.26. The molecule has 2 rings (SSSR count). The molecule has 20 heavy (non-hydrogen) atoms. The molecule has 104 valence electrons. The van der Waals surface area contributed by atoms with Crippen LogP contribution in [0.3, 0.4) is 0 Å². The Morgan fingerprint density at radius 1 is 1.00 bits per heavy atom. The molecule has 0 aliphatic heterocycles. The highest BCUT2D eigenvalue weighted by Gasteiger charge is 2.09. The van der Waals surface area contributed by atoms with Gasteiger partial charge < -0.3 is 5.32 Å². The second kappa shape index (κ2) is 6.98. The predicted octanol–water partition coefficient (Wildman–Crippen LogP) is 4.62. The minimum Gasteiger partial charge on any atom is -0.352 e. The first-order valence-corrected chi connectivity index (χ1v) is 7.18. The Morgan fingerprint density at radius 3 is 2.45 bits per heavy atom. The van der Waals surface area contributed by atoms with Gasteiger partial charge >= 0.3 is 0 Å². The van der Waals surface area contributed by atoms with Gasteiger partial charge in [-0.15, -0.1) is 0 Å². The van der Waals surface area contributed by atoms with E-state index in [1.165, 1.54) is 0 Å². The van der Waals surface area contributed by atoms with Crippen molar-refractivity contribution in [3.63, 3.8) is 0 Å². The molecule has 0 unspecified atom stereocenters. The molecule has 0 atom stereocenters. The largest absolute Gasteiger partial charge is 0.352 e. The van der Waals surface area contributed by atoms with Crippen LogP contribution < -0.4 is 5.32 Å². The molecule has 5 heteroatoms. The Bertz CT molecular complexity index is 628. The summed E-state index contributed by atoms with van der Waals surface area (Å²) in [5.41, 5.74) is 1.41. The van der Waals surface area contributed by atoms with Gasteiger partial charge in [-0.25, -0.2) is 0 Å². The first-order chi connectivity index (χ1) is 9.58. The molecule has 2 nitrogen and oxygen atoms in total. The zero-order valence-electron chi connectivity index (χ0n) is 10.5. The monoisotopic (exact) mass is 327 g/mol. The Kier molecular flexibility index (Phi) is 5.30. The van der Waals surface area contributed by atoms with E-state index in [1.807, 2.05) is 6.07 Å². The molecule has 0 aromatic heterocycles. The van der Waals surface area contributed by atoms with Crippen LogP contribution in [0.5, 0.6) is 0 Å². The van der Waals surface area contributed by atoms with Crippen molar-refractivity contribution in [2.45, 2.75) is 6.42 Å². The van der Waals surface area contributed by atoms with Gasteiger partial charge in [0, 0.05) is 16.6 Å². The van der Waals surface area contributed by atoms with Gasteiger partial charge in [0.15, 0.2) is 0 Å². The average molecular weight is 329 g/mol. The topological polar surface area (TPSA) is 29.1 Å². The average Bonchev–Trinajstić information content (AvgIpc) is 2.41. The van der Waals surface area contributed by atoms with Crippen molar-refractivity contribution in [1.82, 2.24) is 5.32 Å². The fraction of sp³-hybridized carbons (Fsp3) is 0.133. The van der Waals surface area contributed by atoms with Crippen molar-refractivity contribution < 1.29 is 4.79 Å². The molecule has 0 saturated heterocycles. The van der Waals surface area contributed by atoms with Crippen LogP contribution in [0.1, 0.15) is 15.9 Å². The normalized spacial score (nSPS) is 10.3. The van der Waals surface area contributed by atoms with E-state index in [9.17, 15) is 4.79 Å². The number of carbonyl (C=O) groups is 1. The summed E-state index contributed by atoms with van der Waals surface area (Å²) in [6.07, 6.45) is 0.631. The minimum absolute atomic E-state index is 0.194. The molecule has 1 amide bonds. The molecule has 0 saturated carbocycles. The molecular weight excluding hydrogens is 317 g/mol. The lowest BCUT2D eigenvalue weighted by molar-refractivity contribution is 0.0954. The standard InChI is InChI=1S/C15H12Cl3NO/c16-11-6-5-10(14(18)9-11)7-8-19-15(20)12-3-1-2-4-13(12)17/h1-6,9H,7-8H2,(H,19,20). The number of hydrogen-bond donors (Lipinski definition) is 1. The van der Waals surface area contributed by atoms with Crippen LogP contribution >= 0.6 is 34.8 Å². The first-order valence-electron chi connectivity index (χ1n) is 6.04. The van der Waals surface area contributed by atoms with E-state index in [1.54, 1.807) is 36.4 Å². The van der Waals surface area contributed by atoms with Gasteiger partial charge in [-0.05, 0) is 36.2 Å². The summed E-state index contributed by atoms with van der Waals surface area (Å²) in [5.74, 6) is -0.194. The van der Waals surface area contributed by atoms with Crippen molar-refractivity contribution in [2.24, 2.45) is 0 Å². The van der Waals surface area contributed by atoms with Crippen LogP contribution in [0, 0.1) is 0 Å². The zero-order chi connectivity index (χ0) is 14.5. The number of halogens is 3. The van der Waals surface area contributed by atoms with E-state index in [0.717, 1.165) is 5.56 Å². The number of rotatable bonds is 4. The van der Waals surface area contributed by atoms with Gasteiger partial charge in [-0.1, -0.05) is 53.0 Å².